The molecule has 0 unspecified atom stereocenters. The lowest BCUT2D eigenvalue weighted by atomic mass is 9.49. The average Bonchev–Trinajstić information content (AvgIpc) is 2.73. The van der Waals surface area contributed by atoms with Gasteiger partial charge in [0.05, 0.1) is 0 Å². The van der Waals surface area contributed by atoms with Crippen molar-refractivity contribution in [1.82, 2.24) is 5.32 Å². The number of carbonyl (C=O) groups is 2. The van der Waals surface area contributed by atoms with Gasteiger partial charge in [-0.3, -0.25) is 4.79 Å². The molecule has 4 aliphatic rings. The van der Waals surface area contributed by atoms with E-state index in [-0.39, 0.29) is 11.3 Å². The lowest BCUT2D eigenvalue weighted by Gasteiger charge is -2.55. The van der Waals surface area contributed by atoms with Crippen LogP contribution in [-0.4, -0.2) is 23.0 Å². The minimum absolute atomic E-state index is 0.0186. The summed E-state index contributed by atoms with van der Waals surface area (Å²) in [5.74, 6) is 1.01. The molecule has 2 aromatic carbocycles. The Labute approximate surface area is 177 Å². The molecule has 4 saturated carbocycles. The Hall–Kier alpha value is -2.62. The van der Waals surface area contributed by atoms with Crippen molar-refractivity contribution in [1.29, 1.82) is 0 Å². The zero-order valence-corrected chi connectivity index (χ0v) is 17.2. The Bertz CT molecular complexity index is 899. The molecule has 156 valence electrons. The van der Waals surface area contributed by atoms with Crippen LogP contribution in [0.1, 0.15) is 44.1 Å². The van der Waals surface area contributed by atoms with Crippen molar-refractivity contribution in [3.05, 3.63) is 60.2 Å². The second-order valence-electron chi connectivity index (χ2n) is 9.83. The molecule has 0 saturated heterocycles. The molecule has 2 N–H and O–H groups in total. The second-order valence-corrected chi connectivity index (χ2v) is 9.83. The number of nitrogens with one attached hydrogen (secondary N) is 1. The van der Waals surface area contributed by atoms with E-state index in [9.17, 15) is 14.7 Å². The fraction of sp³-hybridized carbons (Fsp3) is 0.462. The van der Waals surface area contributed by atoms with Crippen LogP contribution in [-0.2, 0) is 16.0 Å². The Balaban J connectivity index is 1.28. The van der Waals surface area contributed by atoms with Crippen molar-refractivity contribution in [3.8, 4) is 11.1 Å². The highest BCUT2D eigenvalue weighted by molar-refractivity contribution is 5.88. The topological polar surface area (TPSA) is 66.4 Å². The first-order valence-electron chi connectivity index (χ1n) is 11.2. The number of rotatable bonds is 6. The van der Waals surface area contributed by atoms with Gasteiger partial charge in [-0.2, -0.15) is 0 Å². The summed E-state index contributed by atoms with van der Waals surface area (Å²) in [6, 6.07) is 17.2. The van der Waals surface area contributed by atoms with Crippen molar-refractivity contribution in [2.45, 2.75) is 51.0 Å². The minimum atomic E-state index is -0.958. The van der Waals surface area contributed by atoms with Crippen LogP contribution >= 0.6 is 0 Å². The van der Waals surface area contributed by atoms with E-state index < -0.39 is 12.0 Å². The molecule has 0 radical (unpaired) electrons. The van der Waals surface area contributed by atoms with Crippen LogP contribution in [0.15, 0.2) is 54.6 Å². The van der Waals surface area contributed by atoms with Crippen LogP contribution in [0.5, 0.6) is 0 Å². The number of carboxylic acid groups (broad SMARTS) is 1. The number of amides is 1. The summed E-state index contributed by atoms with van der Waals surface area (Å²) in [6.45, 7) is 0. The molecule has 0 aliphatic heterocycles. The van der Waals surface area contributed by atoms with Gasteiger partial charge in [0.1, 0.15) is 6.04 Å². The smallest absolute Gasteiger partial charge is 0.326 e. The largest absolute Gasteiger partial charge is 0.480 e. The summed E-state index contributed by atoms with van der Waals surface area (Å²) in [6.07, 6.45) is 6.95. The van der Waals surface area contributed by atoms with E-state index in [1.807, 2.05) is 42.5 Å². The maximum atomic E-state index is 13.3. The maximum Gasteiger partial charge on any atom is 0.326 e. The molecule has 4 fully saturated rings. The van der Waals surface area contributed by atoms with Gasteiger partial charge < -0.3 is 10.4 Å². The molecule has 30 heavy (non-hydrogen) atoms. The van der Waals surface area contributed by atoms with Crippen LogP contribution in [0.25, 0.3) is 11.1 Å². The molecule has 1 amide bonds. The molecule has 1 atom stereocenters. The molecule has 4 aliphatic carbocycles. The van der Waals surface area contributed by atoms with Gasteiger partial charge in [-0.25, -0.2) is 4.79 Å². The highest BCUT2D eigenvalue weighted by Crippen LogP contribution is 2.60. The Kier molecular flexibility index (Phi) is 4.88. The number of carboxylic acids is 1. The monoisotopic (exact) mass is 403 g/mol. The first kappa shape index (κ1) is 19.3. The fourth-order valence-electron chi connectivity index (χ4n) is 6.60. The summed E-state index contributed by atoms with van der Waals surface area (Å²) in [5.41, 5.74) is 2.84. The zero-order valence-electron chi connectivity index (χ0n) is 17.2. The SMILES string of the molecule is O=C(O)[C@H](Cc1ccc(-c2ccccc2)cc1)NC(=O)C12CC3CC(CC(C3)C1)C2. The van der Waals surface area contributed by atoms with Crippen molar-refractivity contribution in [2.24, 2.45) is 23.2 Å². The van der Waals surface area contributed by atoms with Crippen molar-refractivity contribution in [3.63, 3.8) is 0 Å². The lowest BCUT2D eigenvalue weighted by molar-refractivity contribution is -0.151. The van der Waals surface area contributed by atoms with Gasteiger partial charge in [-0.15, -0.1) is 0 Å². The summed E-state index contributed by atoms with van der Waals surface area (Å²) in [7, 11) is 0. The first-order valence-corrected chi connectivity index (χ1v) is 11.2. The number of aliphatic carboxylic acids is 1. The van der Waals surface area contributed by atoms with Crippen molar-refractivity contribution >= 4 is 11.9 Å². The molecule has 2 aromatic rings. The molecule has 4 heteroatoms. The average molecular weight is 404 g/mol. The number of hydrogen-bond donors (Lipinski definition) is 2. The highest BCUT2D eigenvalue weighted by Gasteiger charge is 2.54. The number of hydrogen-bond acceptors (Lipinski definition) is 2. The van der Waals surface area contributed by atoms with Gasteiger partial charge in [0.2, 0.25) is 5.91 Å². The van der Waals surface area contributed by atoms with E-state index in [2.05, 4.69) is 17.4 Å². The van der Waals surface area contributed by atoms with Gasteiger partial charge in [0.15, 0.2) is 0 Å². The van der Waals surface area contributed by atoms with Crippen LogP contribution in [0, 0.1) is 23.2 Å². The molecule has 0 spiro atoms. The molecular weight excluding hydrogens is 374 g/mol. The number of benzene rings is 2. The molecule has 0 aromatic heterocycles. The summed E-state index contributed by atoms with van der Waals surface area (Å²) in [4.78, 5) is 25.2. The lowest BCUT2D eigenvalue weighted by Crippen LogP contribution is -2.56. The number of carbonyl (C=O) groups excluding carboxylic acids is 1. The van der Waals surface area contributed by atoms with E-state index in [0.29, 0.717) is 24.2 Å². The van der Waals surface area contributed by atoms with Gasteiger partial charge in [0, 0.05) is 11.8 Å². The fourth-order valence-corrected chi connectivity index (χ4v) is 6.60. The summed E-state index contributed by atoms with van der Waals surface area (Å²) >= 11 is 0. The predicted molar refractivity (Wildman–Crippen MR) is 116 cm³/mol. The predicted octanol–water partition coefficient (Wildman–Crippen LogP) is 4.68. The molecular formula is C26H29NO3. The van der Waals surface area contributed by atoms with E-state index in [4.69, 9.17) is 0 Å². The van der Waals surface area contributed by atoms with E-state index in [1.165, 1.54) is 19.3 Å². The van der Waals surface area contributed by atoms with Crippen LogP contribution < -0.4 is 5.32 Å². The highest BCUT2D eigenvalue weighted by atomic mass is 16.4. The van der Waals surface area contributed by atoms with Crippen molar-refractivity contribution < 1.29 is 14.7 Å². The third-order valence-electron chi connectivity index (χ3n) is 7.62. The molecule has 6 rings (SSSR count). The standard InChI is InChI=1S/C26H29NO3/c28-24(29)23(13-17-6-8-22(9-7-17)21-4-2-1-3-5-21)27-25(30)26-14-18-10-19(15-26)12-20(11-18)16-26/h1-9,18-20,23H,10-16H2,(H,27,30)(H,28,29)/t18?,19?,20?,23-,26?/m0/s1. The Morgan fingerprint density at radius 3 is 1.93 bits per heavy atom. The van der Waals surface area contributed by atoms with Crippen molar-refractivity contribution in [2.75, 3.05) is 0 Å². The summed E-state index contributed by atoms with van der Waals surface area (Å²) < 4.78 is 0. The third-order valence-corrected chi connectivity index (χ3v) is 7.62. The minimum Gasteiger partial charge on any atom is -0.480 e. The second kappa shape index (κ2) is 7.57. The van der Waals surface area contributed by atoms with E-state index in [1.54, 1.807) is 0 Å². The molecule has 0 heterocycles. The van der Waals surface area contributed by atoms with E-state index >= 15 is 0 Å². The Morgan fingerprint density at radius 2 is 1.40 bits per heavy atom. The zero-order chi connectivity index (χ0) is 20.7. The summed E-state index contributed by atoms with van der Waals surface area (Å²) in [5, 5.41) is 12.7. The van der Waals surface area contributed by atoms with Gasteiger partial charge >= 0.3 is 5.97 Å². The maximum absolute atomic E-state index is 13.3. The first-order chi connectivity index (χ1) is 14.5. The Morgan fingerprint density at radius 1 is 0.867 bits per heavy atom. The van der Waals surface area contributed by atoms with E-state index in [0.717, 1.165) is 36.0 Å². The molecule has 4 nitrogen and oxygen atoms in total. The molecule has 4 bridgehead atoms. The quantitative estimate of drug-likeness (QED) is 0.736. The van der Waals surface area contributed by atoms with Crippen LogP contribution in [0.3, 0.4) is 0 Å². The van der Waals surface area contributed by atoms with Gasteiger partial charge in [0.25, 0.3) is 0 Å². The van der Waals surface area contributed by atoms with Crippen LogP contribution in [0.2, 0.25) is 0 Å². The van der Waals surface area contributed by atoms with Gasteiger partial charge in [-0.05, 0) is 73.0 Å². The van der Waals surface area contributed by atoms with Crippen LogP contribution in [0.4, 0.5) is 0 Å². The normalized spacial score (nSPS) is 30.1. The third kappa shape index (κ3) is 3.64. The van der Waals surface area contributed by atoms with Gasteiger partial charge in [-0.1, -0.05) is 54.6 Å².